The van der Waals surface area contributed by atoms with Gasteiger partial charge in [-0.2, -0.15) is 0 Å². The van der Waals surface area contributed by atoms with Gasteiger partial charge >= 0.3 is 0 Å². The first-order valence-electron chi connectivity index (χ1n) is 5.31. The van der Waals surface area contributed by atoms with Gasteiger partial charge in [-0.3, -0.25) is 4.79 Å². The number of aryl methyl sites for hydroxylation is 2. The summed E-state index contributed by atoms with van der Waals surface area (Å²) in [5.74, 6) is -0.686. The molecule has 2 nitrogen and oxygen atoms in total. The summed E-state index contributed by atoms with van der Waals surface area (Å²) in [6.07, 6.45) is 0. The van der Waals surface area contributed by atoms with Gasteiger partial charge in [0.1, 0.15) is 5.82 Å². The molecule has 0 amide bonds. The SMILES string of the molecule is Cc1cc(C)c(C(=O)C(C)(C)CN)c(F)c1. The van der Waals surface area contributed by atoms with Crippen LogP contribution >= 0.6 is 0 Å². The van der Waals surface area contributed by atoms with Crippen molar-refractivity contribution in [2.45, 2.75) is 27.7 Å². The molecule has 2 N–H and O–H groups in total. The Balaban J connectivity index is 3.30. The molecule has 16 heavy (non-hydrogen) atoms. The van der Waals surface area contributed by atoms with Crippen LogP contribution in [0.2, 0.25) is 0 Å². The van der Waals surface area contributed by atoms with Gasteiger partial charge in [0, 0.05) is 12.0 Å². The average Bonchev–Trinajstić information content (AvgIpc) is 2.15. The Bertz CT molecular complexity index is 401. The molecule has 0 aliphatic carbocycles. The van der Waals surface area contributed by atoms with Crippen LogP contribution in [-0.4, -0.2) is 12.3 Å². The number of ketones is 1. The Morgan fingerprint density at radius 3 is 2.38 bits per heavy atom. The van der Waals surface area contributed by atoms with Crippen LogP contribution in [0, 0.1) is 25.1 Å². The maximum absolute atomic E-state index is 13.8. The van der Waals surface area contributed by atoms with Crippen molar-refractivity contribution in [2.75, 3.05) is 6.54 Å². The van der Waals surface area contributed by atoms with Crippen LogP contribution in [0.25, 0.3) is 0 Å². The van der Waals surface area contributed by atoms with Crippen molar-refractivity contribution >= 4 is 5.78 Å². The second kappa shape index (κ2) is 4.34. The minimum absolute atomic E-state index is 0.168. The van der Waals surface area contributed by atoms with Gasteiger partial charge in [-0.25, -0.2) is 4.39 Å². The van der Waals surface area contributed by atoms with Gasteiger partial charge in [0.05, 0.1) is 5.56 Å². The van der Waals surface area contributed by atoms with Crippen molar-refractivity contribution in [3.8, 4) is 0 Å². The molecule has 0 aliphatic heterocycles. The van der Waals surface area contributed by atoms with E-state index >= 15 is 0 Å². The number of Topliss-reactive ketones (excluding diaryl/α,β-unsaturated/α-hetero) is 1. The molecule has 0 bridgehead atoms. The smallest absolute Gasteiger partial charge is 0.172 e. The van der Waals surface area contributed by atoms with Gasteiger partial charge in [-0.1, -0.05) is 19.9 Å². The van der Waals surface area contributed by atoms with Crippen LogP contribution in [0.15, 0.2) is 12.1 Å². The highest BCUT2D eigenvalue weighted by Gasteiger charge is 2.30. The van der Waals surface area contributed by atoms with Gasteiger partial charge in [0.2, 0.25) is 0 Å². The summed E-state index contributed by atoms with van der Waals surface area (Å²) in [5.41, 5.74) is 6.46. The topological polar surface area (TPSA) is 43.1 Å². The highest BCUT2D eigenvalue weighted by atomic mass is 19.1. The first-order valence-corrected chi connectivity index (χ1v) is 5.31. The molecule has 0 heterocycles. The maximum atomic E-state index is 13.8. The second-order valence-electron chi connectivity index (χ2n) is 4.86. The maximum Gasteiger partial charge on any atom is 0.172 e. The molecule has 1 rings (SSSR count). The zero-order valence-corrected chi connectivity index (χ0v) is 10.2. The third-order valence-corrected chi connectivity index (χ3v) is 2.78. The van der Waals surface area contributed by atoms with Crippen molar-refractivity contribution in [3.63, 3.8) is 0 Å². The van der Waals surface area contributed by atoms with E-state index in [9.17, 15) is 9.18 Å². The van der Waals surface area contributed by atoms with Gasteiger partial charge in [-0.15, -0.1) is 0 Å². The fourth-order valence-electron chi connectivity index (χ4n) is 1.63. The van der Waals surface area contributed by atoms with E-state index in [1.165, 1.54) is 6.07 Å². The Kier molecular flexibility index (Phi) is 3.48. The van der Waals surface area contributed by atoms with Crippen LogP contribution in [-0.2, 0) is 0 Å². The first-order chi connectivity index (χ1) is 7.29. The summed E-state index contributed by atoms with van der Waals surface area (Å²) in [6.45, 7) is 7.22. The van der Waals surface area contributed by atoms with E-state index in [4.69, 9.17) is 5.73 Å². The quantitative estimate of drug-likeness (QED) is 0.800. The highest BCUT2D eigenvalue weighted by Crippen LogP contribution is 2.25. The number of benzene rings is 1. The van der Waals surface area contributed by atoms with E-state index < -0.39 is 11.2 Å². The summed E-state index contributed by atoms with van der Waals surface area (Å²) in [4.78, 5) is 12.1. The molecule has 0 aliphatic rings. The van der Waals surface area contributed by atoms with E-state index in [1.807, 2.05) is 6.07 Å². The van der Waals surface area contributed by atoms with Crippen molar-refractivity contribution in [3.05, 3.63) is 34.6 Å². The molecule has 0 fully saturated rings. The Hall–Kier alpha value is -1.22. The van der Waals surface area contributed by atoms with E-state index in [0.717, 1.165) is 5.56 Å². The standard InChI is InChI=1S/C13H18FNO/c1-8-5-9(2)11(10(14)6-8)12(16)13(3,4)7-15/h5-6H,7,15H2,1-4H3. The van der Waals surface area contributed by atoms with Crippen molar-refractivity contribution in [1.29, 1.82) is 0 Å². The molecule has 0 radical (unpaired) electrons. The molecular weight excluding hydrogens is 205 g/mol. The van der Waals surface area contributed by atoms with Gasteiger partial charge in [0.15, 0.2) is 5.78 Å². The van der Waals surface area contributed by atoms with Crippen LogP contribution in [0.5, 0.6) is 0 Å². The van der Waals surface area contributed by atoms with E-state index in [0.29, 0.717) is 5.56 Å². The van der Waals surface area contributed by atoms with Crippen LogP contribution in [0.4, 0.5) is 4.39 Å². The molecule has 0 saturated heterocycles. The van der Waals surface area contributed by atoms with Gasteiger partial charge < -0.3 is 5.73 Å². The Morgan fingerprint density at radius 1 is 1.38 bits per heavy atom. The number of rotatable bonds is 3. The molecule has 88 valence electrons. The summed E-state index contributed by atoms with van der Waals surface area (Å²) >= 11 is 0. The van der Waals surface area contributed by atoms with Crippen LogP contribution < -0.4 is 5.73 Å². The van der Waals surface area contributed by atoms with Crippen molar-refractivity contribution < 1.29 is 9.18 Å². The molecular formula is C13H18FNO. The number of hydrogen-bond donors (Lipinski definition) is 1. The number of carbonyl (C=O) groups excluding carboxylic acids is 1. The minimum Gasteiger partial charge on any atom is -0.329 e. The molecule has 0 aromatic heterocycles. The molecule has 0 unspecified atom stereocenters. The largest absolute Gasteiger partial charge is 0.329 e. The number of carbonyl (C=O) groups is 1. The predicted octanol–water partition coefficient (Wildman–Crippen LogP) is 2.61. The van der Waals surface area contributed by atoms with E-state index in [1.54, 1.807) is 27.7 Å². The monoisotopic (exact) mass is 223 g/mol. The van der Waals surface area contributed by atoms with Crippen molar-refractivity contribution in [1.82, 2.24) is 0 Å². The van der Waals surface area contributed by atoms with Crippen molar-refractivity contribution in [2.24, 2.45) is 11.1 Å². The average molecular weight is 223 g/mol. The molecule has 0 atom stereocenters. The second-order valence-corrected chi connectivity index (χ2v) is 4.86. The van der Waals surface area contributed by atoms with E-state index in [-0.39, 0.29) is 17.9 Å². The fourth-order valence-corrected chi connectivity index (χ4v) is 1.63. The Labute approximate surface area is 95.7 Å². The molecule has 1 aromatic carbocycles. The third kappa shape index (κ3) is 2.30. The summed E-state index contributed by atoms with van der Waals surface area (Å²) in [5, 5.41) is 0. The van der Waals surface area contributed by atoms with Crippen LogP contribution in [0.3, 0.4) is 0 Å². The highest BCUT2D eigenvalue weighted by molar-refractivity contribution is 6.01. The van der Waals surface area contributed by atoms with E-state index in [2.05, 4.69) is 0 Å². The number of halogens is 1. The summed E-state index contributed by atoms with van der Waals surface area (Å²) in [6, 6.07) is 3.19. The lowest BCUT2D eigenvalue weighted by Gasteiger charge is -2.22. The fraction of sp³-hybridized carbons (Fsp3) is 0.462. The summed E-state index contributed by atoms with van der Waals surface area (Å²) < 4.78 is 13.8. The molecule has 3 heteroatoms. The third-order valence-electron chi connectivity index (χ3n) is 2.78. The Morgan fingerprint density at radius 2 is 1.94 bits per heavy atom. The van der Waals surface area contributed by atoms with Crippen LogP contribution in [0.1, 0.15) is 35.3 Å². The number of nitrogens with two attached hydrogens (primary N) is 1. The zero-order valence-electron chi connectivity index (χ0n) is 10.2. The lowest BCUT2D eigenvalue weighted by Crippen LogP contribution is -2.33. The minimum atomic E-state index is -0.721. The normalized spacial score (nSPS) is 11.6. The first kappa shape index (κ1) is 12.8. The van der Waals surface area contributed by atoms with Gasteiger partial charge in [0.25, 0.3) is 0 Å². The lowest BCUT2D eigenvalue weighted by molar-refractivity contribution is 0.0842. The molecule has 1 aromatic rings. The molecule has 0 spiro atoms. The predicted molar refractivity (Wildman–Crippen MR) is 63.0 cm³/mol. The summed E-state index contributed by atoms with van der Waals surface area (Å²) in [7, 11) is 0. The zero-order chi connectivity index (χ0) is 12.5. The number of hydrogen-bond acceptors (Lipinski definition) is 2. The molecule has 0 saturated carbocycles. The van der Waals surface area contributed by atoms with Gasteiger partial charge in [-0.05, 0) is 31.0 Å². The lowest BCUT2D eigenvalue weighted by atomic mass is 9.82.